The van der Waals surface area contributed by atoms with Gasteiger partial charge in [-0.25, -0.2) is 4.39 Å². The fraction of sp³-hybridized carbons (Fsp3) is 0.429. The van der Waals surface area contributed by atoms with Gasteiger partial charge in [-0.3, -0.25) is 4.79 Å². The maximum Gasteiger partial charge on any atom is 0.222 e. The van der Waals surface area contributed by atoms with Crippen molar-refractivity contribution < 1.29 is 9.18 Å². The molecule has 1 heterocycles. The number of amides is 1. The Morgan fingerprint density at radius 2 is 2.42 bits per heavy atom. The minimum absolute atomic E-state index is 0.119. The summed E-state index contributed by atoms with van der Waals surface area (Å²) in [4.78, 5) is 13.4. The van der Waals surface area contributed by atoms with Crippen LogP contribution in [0, 0.1) is 17.1 Å². The zero-order valence-electron chi connectivity index (χ0n) is 10.8. The predicted octanol–water partition coefficient (Wildman–Crippen LogP) is 2.12. The predicted molar refractivity (Wildman–Crippen MR) is 70.0 cm³/mol. The van der Waals surface area contributed by atoms with Gasteiger partial charge < -0.3 is 10.2 Å². The molecule has 2 rings (SSSR count). The van der Waals surface area contributed by atoms with Gasteiger partial charge in [0, 0.05) is 25.6 Å². The molecule has 1 aliphatic heterocycles. The van der Waals surface area contributed by atoms with Crippen molar-refractivity contribution in [2.24, 2.45) is 0 Å². The standard InChI is InChI=1S/C14H16FN3O/c1-2-14(19)18-6-5-12(9-18)17-13-4-3-11(15)7-10(13)8-16/h3-4,7,12,17H,2,5-6,9H2,1H3. The van der Waals surface area contributed by atoms with Crippen LogP contribution >= 0.6 is 0 Å². The number of rotatable bonds is 3. The van der Waals surface area contributed by atoms with E-state index in [4.69, 9.17) is 5.26 Å². The second-order valence-electron chi connectivity index (χ2n) is 4.62. The van der Waals surface area contributed by atoms with Crippen LogP contribution in [0.25, 0.3) is 0 Å². The van der Waals surface area contributed by atoms with Crippen LogP contribution in [0.2, 0.25) is 0 Å². The SMILES string of the molecule is CCC(=O)N1CCC(Nc2ccc(F)cc2C#N)C1. The van der Waals surface area contributed by atoms with Gasteiger partial charge in [0.05, 0.1) is 11.3 Å². The third-order valence-electron chi connectivity index (χ3n) is 3.31. The van der Waals surface area contributed by atoms with Crippen LogP contribution in [0.5, 0.6) is 0 Å². The number of nitrogens with zero attached hydrogens (tertiary/aromatic N) is 2. The van der Waals surface area contributed by atoms with Crippen molar-refractivity contribution in [2.75, 3.05) is 18.4 Å². The zero-order valence-corrected chi connectivity index (χ0v) is 10.8. The van der Waals surface area contributed by atoms with Crippen molar-refractivity contribution in [2.45, 2.75) is 25.8 Å². The number of nitrogens with one attached hydrogen (secondary N) is 1. The van der Waals surface area contributed by atoms with E-state index in [0.717, 1.165) is 13.0 Å². The van der Waals surface area contributed by atoms with E-state index in [-0.39, 0.29) is 11.9 Å². The highest BCUT2D eigenvalue weighted by Gasteiger charge is 2.25. The molecule has 1 aromatic carbocycles. The van der Waals surface area contributed by atoms with Gasteiger partial charge in [-0.1, -0.05) is 6.92 Å². The Balaban J connectivity index is 2.04. The summed E-state index contributed by atoms with van der Waals surface area (Å²) in [7, 11) is 0. The molecular weight excluding hydrogens is 245 g/mol. The third kappa shape index (κ3) is 3.02. The number of hydrogen-bond acceptors (Lipinski definition) is 3. The van der Waals surface area contributed by atoms with Gasteiger partial charge in [0.25, 0.3) is 0 Å². The molecule has 0 bridgehead atoms. The first-order valence-corrected chi connectivity index (χ1v) is 6.38. The van der Waals surface area contributed by atoms with Crippen LogP contribution in [0.4, 0.5) is 10.1 Å². The first-order chi connectivity index (χ1) is 9.13. The highest BCUT2D eigenvalue weighted by molar-refractivity contribution is 5.76. The summed E-state index contributed by atoms with van der Waals surface area (Å²) < 4.78 is 13.0. The first-order valence-electron chi connectivity index (χ1n) is 6.38. The first kappa shape index (κ1) is 13.3. The maximum absolute atomic E-state index is 13.0. The Kier molecular flexibility index (Phi) is 4.00. The molecule has 1 saturated heterocycles. The quantitative estimate of drug-likeness (QED) is 0.906. The summed E-state index contributed by atoms with van der Waals surface area (Å²) in [6, 6.07) is 6.20. The number of anilines is 1. The second-order valence-corrected chi connectivity index (χ2v) is 4.62. The summed E-state index contributed by atoms with van der Waals surface area (Å²) in [6.45, 7) is 3.21. The Hall–Kier alpha value is -2.09. The zero-order chi connectivity index (χ0) is 13.8. The average Bonchev–Trinajstić information content (AvgIpc) is 2.88. The molecular formula is C14H16FN3O. The van der Waals surface area contributed by atoms with Crippen molar-refractivity contribution in [3.63, 3.8) is 0 Å². The fourth-order valence-corrected chi connectivity index (χ4v) is 2.28. The van der Waals surface area contributed by atoms with Crippen LogP contribution in [-0.2, 0) is 4.79 Å². The van der Waals surface area contributed by atoms with Crippen LogP contribution in [0.15, 0.2) is 18.2 Å². The summed E-state index contributed by atoms with van der Waals surface area (Å²) in [5.41, 5.74) is 0.917. The molecule has 0 aliphatic carbocycles. The van der Waals surface area contributed by atoms with Gasteiger partial charge >= 0.3 is 0 Å². The lowest BCUT2D eigenvalue weighted by Gasteiger charge is -2.17. The van der Waals surface area contributed by atoms with Gasteiger partial charge in [0.2, 0.25) is 5.91 Å². The van der Waals surface area contributed by atoms with E-state index in [9.17, 15) is 9.18 Å². The average molecular weight is 261 g/mol. The Bertz CT molecular complexity index is 524. The summed E-state index contributed by atoms with van der Waals surface area (Å²) in [5, 5.41) is 12.2. The summed E-state index contributed by atoms with van der Waals surface area (Å²) in [6.07, 6.45) is 1.35. The molecule has 1 amide bonds. The second kappa shape index (κ2) is 5.70. The lowest BCUT2D eigenvalue weighted by Crippen LogP contribution is -2.31. The Labute approximate surface area is 111 Å². The van der Waals surface area contributed by atoms with Gasteiger partial charge in [-0.2, -0.15) is 5.26 Å². The number of carbonyl (C=O) groups is 1. The molecule has 5 heteroatoms. The largest absolute Gasteiger partial charge is 0.379 e. The fourth-order valence-electron chi connectivity index (χ4n) is 2.28. The minimum Gasteiger partial charge on any atom is -0.379 e. The highest BCUT2D eigenvalue weighted by Crippen LogP contribution is 2.20. The minimum atomic E-state index is -0.420. The van der Waals surface area contributed by atoms with Crippen LogP contribution in [0.1, 0.15) is 25.3 Å². The lowest BCUT2D eigenvalue weighted by atomic mass is 10.1. The lowest BCUT2D eigenvalue weighted by molar-refractivity contribution is -0.129. The monoisotopic (exact) mass is 261 g/mol. The van der Waals surface area contributed by atoms with Crippen molar-refractivity contribution in [1.82, 2.24) is 4.90 Å². The molecule has 1 N–H and O–H groups in total. The highest BCUT2D eigenvalue weighted by atomic mass is 19.1. The molecule has 0 saturated carbocycles. The molecule has 19 heavy (non-hydrogen) atoms. The molecule has 1 aliphatic rings. The molecule has 100 valence electrons. The van der Waals surface area contributed by atoms with E-state index in [1.807, 2.05) is 17.9 Å². The van der Waals surface area contributed by atoms with E-state index in [1.165, 1.54) is 12.1 Å². The van der Waals surface area contributed by atoms with E-state index in [0.29, 0.717) is 24.2 Å². The summed E-state index contributed by atoms with van der Waals surface area (Å²) >= 11 is 0. The van der Waals surface area contributed by atoms with Crippen molar-refractivity contribution in [1.29, 1.82) is 5.26 Å². The van der Waals surface area contributed by atoms with E-state index in [2.05, 4.69) is 5.32 Å². The Morgan fingerprint density at radius 1 is 1.63 bits per heavy atom. The van der Waals surface area contributed by atoms with Gasteiger partial charge in [0.1, 0.15) is 11.9 Å². The van der Waals surface area contributed by atoms with Crippen LogP contribution < -0.4 is 5.32 Å². The van der Waals surface area contributed by atoms with E-state index < -0.39 is 5.82 Å². The molecule has 1 fully saturated rings. The van der Waals surface area contributed by atoms with E-state index >= 15 is 0 Å². The van der Waals surface area contributed by atoms with E-state index in [1.54, 1.807) is 6.07 Å². The topological polar surface area (TPSA) is 56.1 Å². The van der Waals surface area contributed by atoms with Crippen LogP contribution in [-0.4, -0.2) is 29.9 Å². The van der Waals surface area contributed by atoms with Crippen molar-refractivity contribution >= 4 is 11.6 Å². The smallest absolute Gasteiger partial charge is 0.222 e. The normalized spacial score (nSPS) is 18.2. The Morgan fingerprint density at radius 3 is 3.11 bits per heavy atom. The third-order valence-corrected chi connectivity index (χ3v) is 3.31. The molecule has 0 aromatic heterocycles. The van der Waals surface area contributed by atoms with Gasteiger partial charge in [-0.05, 0) is 24.6 Å². The molecule has 0 spiro atoms. The maximum atomic E-state index is 13.0. The number of carbonyl (C=O) groups excluding carboxylic acids is 1. The van der Waals surface area contributed by atoms with Crippen molar-refractivity contribution in [3.8, 4) is 6.07 Å². The molecule has 1 unspecified atom stereocenters. The number of benzene rings is 1. The number of halogens is 1. The number of hydrogen-bond donors (Lipinski definition) is 1. The number of nitriles is 1. The molecule has 1 aromatic rings. The van der Waals surface area contributed by atoms with Crippen molar-refractivity contribution in [3.05, 3.63) is 29.6 Å². The molecule has 0 radical (unpaired) electrons. The summed E-state index contributed by atoms with van der Waals surface area (Å²) in [5.74, 6) is -0.278. The van der Waals surface area contributed by atoms with Gasteiger partial charge in [0.15, 0.2) is 0 Å². The number of likely N-dealkylation sites (tertiary alicyclic amines) is 1. The molecule has 1 atom stereocenters. The molecule has 4 nitrogen and oxygen atoms in total. The van der Waals surface area contributed by atoms with Gasteiger partial charge in [-0.15, -0.1) is 0 Å². The van der Waals surface area contributed by atoms with Crippen LogP contribution in [0.3, 0.4) is 0 Å².